The summed E-state index contributed by atoms with van der Waals surface area (Å²) in [5.74, 6) is -1.79. The molecular formula is C23H35FO3. The minimum atomic E-state index is -0.991. The molecule has 0 bridgehead atoms. The summed E-state index contributed by atoms with van der Waals surface area (Å²) in [5, 5.41) is 31.8. The molecule has 1 aromatic carbocycles. The number of hydrogen-bond donors (Lipinski definition) is 3. The van der Waals surface area contributed by atoms with Gasteiger partial charge in [0, 0.05) is 11.5 Å². The molecule has 3 nitrogen and oxygen atoms in total. The number of rotatable bonds is 8. The van der Waals surface area contributed by atoms with E-state index in [0.717, 1.165) is 44.1 Å². The number of aryl methyl sites for hydroxylation is 1. The van der Waals surface area contributed by atoms with Crippen LogP contribution in [0.25, 0.3) is 0 Å². The first-order valence-electron chi connectivity index (χ1n) is 10.3. The van der Waals surface area contributed by atoms with Crippen molar-refractivity contribution in [2.24, 2.45) is 5.92 Å². The monoisotopic (exact) mass is 378 g/mol. The third kappa shape index (κ3) is 5.25. The van der Waals surface area contributed by atoms with Gasteiger partial charge < -0.3 is 15.3 Å². The molecule has 2 rings (SSSR count). The van der Waals surface area contributed by atoms with Crippen LogP contribution in [0.15, 0.2) is 17.7 Å². The highest BCUT2D eigenvalue weighted by Crippen LogP contribution is 2.48. The van der Waals surface area contributed by atoms with Gasteiger partial charge in [-0.05, 0) is 64.0 Å². The fraction of sp³-hybridized carbons (Fsp3) is 0.652. The molecule has 4 heteroatoms. The van der Waals surface area contributed by atoms with Gasteiger partial charge in [0.15, 0.2) is 11.6 Å². The summed E-state index contributed by atoms with van der Waals surface area (Å²) in [6, 6.07) is 1.46. The van der Waals surface area contributed by atoms with Crippen molar-refractivity contribution in [3.63, 3.8) is 0 Å². The van der Waals surface area contributed by atoms with Crippen molar-refractivity contribution < 1.29 is 19.7 Å². The Morgan fingerprint density at radius 2 is 1.81 bits per heavy atom. The van der Waals surface area contributed by atoms with Crippen molar-refractivity contribution in [1.29, 1.82) is 0 Å². The molecule has 0 radical (unpaired) electrons. The summed E-state index contributed by atoms with van der Waals surface area (Å²) in [6.45, 7) is 7.60. The van der Waals surface area contributed by atoms with Gasteiger partial charge in [-0.1, -0.05) is 44.3 Å². The SMILES string of the molecule is CCCCCCCc1cc(O)c(C2C=C(C)CCC2C(C)(C)O)c(O)c1F. The summed E-state index contributed by atoms with van der Waals surface area (Å²) in [5.41, 5.74) is 0.699. The number of benzene rings is 1. The zero-order valence-electron chi connectivity index (χ0n) is 17.2. The molecule has 2 unspecified atom stereocenters. The van der Waals surface area contributed by atoms with Crippen molar-refractivity contribution in [3.8, 4) is 11.5 Å². The lowest BCUT2D eigenvalue weighted by molar-refractivity contribution is 0.00414. The summed E-state index contributed by atoms with van der Waals surface area (Å²) in [6.07, 6.45) is 9.33. The maximum Gasteiger partial charge on any atom is 0.168 e. The predicted molar refractivity (Wildman–Crippen MR) is 108 cm³/mol. The molecule has 0 aromatic heterocycles. The maximum absolute atomic E-state index is 14.8. The number of aromatic hydroxyl groups is 2. The summed E-state index contributed by atoms with van der Waals surface area (Å²) >= 11 is 0. The van der Waals surface area contributed by atoms with E-state index in [1.807, 2.05) is 13.0 Å². The minimum absolute atomic E-state index is 0.0809. The van der Waals surface area contributed by atoms with Crippen LogP contribution in [0.1, 0.15) is 89.7 Å². The highest BCUT2D eigenvalue weighted by atomic mass is 19.1. The molecule has 3 N–H and O–H groups in total. The molecule has 1 aliphatic carbocycles. The second-order valence-electron chi connectivity index (χ2n) is 8.63. The first kappa shape index (κ1) is 21.7. The van der Waals surface area contributed by atoms with Gasteiger partial charge in [0.25, 0.3) is 0 Å². The lowest BCUT2D eigenvalue weighted by Gasteiger charge is -2.38. The predicted octanol–water partition coefficient (Wildman–Crippen LogP) is 5.96. The second-order valence-corrected chi connectivity index (χ2v) is 8.63. The normalized spacial score (nSPS) is 20.6. The number of allylic oxidation sites excluding steroid dienone is 2. The van der Waals surface area contributed by atoms with Crippen LogP contribution in [-0.4, -0.2) is 20.9 Å². The largest absolute Gasteiger partial charge is 0.507 e. The van der Waals surface area contributed by atoms with Gasteiger partial charge in [0.1, 0.15) is 5.75 Å². The molecular weight excluding hydrogens is 343 g/mol. The van der Waals surface area contributed by atoms with Crippen LogP contribution in [0, 0.1) is 11.7 Å². The summed E-state index contributed by atoms with van der Waals surface area (Å²) < 4.78 is 14.8. The fourth-order valence-corrected chi connectivity index (χ4v) is 4.27. The fourth-order valence-electron chi connectivity index (χ4n) is 4.27. The Morgan fingerprint density at radius 1 is 1.15 bits per heavy atom. The van der Waals surface area contributed by atoms with Crippen molar-refractivity contribution in [2.45, 2.75) is 90.6 Å². The molecule has 0 fully saturated rings. The van der Waals surface area contributed by atoms with E-state index in [0.29, 0.717) is 12.0 Å². The van der Waals surface area contributed by atoms with Crippen molar-refractivity contribution in [2.75, 3.05) is 0 Å². The minimum Gasteiger partial charge on any atom is -0.507 e. The van der Waals surface area contributed by atoms with Gasteiger partial charge in [0.2, 0.25) is 0 Å². The van der Waals surface area contributed by atoms with Gasteiger partial charge in [-0.25, -0.2) is 4.39 Å². The van der Waals surface area contributed by atoms with Crippen LogP contribution in [0.2, 0.25) is 0 Å². The topological polar surface area (TPSA) is 60.7 Å². The van der Waals surface area contributed by atoms with Gasteiger partial charge in [0.05, 0.1) is 5.60 Å². The van der Waals surface area contributed by atoms with Crippen LogP contribution in [0.4, 0.5) is 4.39 Å². The van der Waals surface area contributed by atoms with Crippen molar-refractivity contribution in [1.82, 2.24) is 0 Å². The number of hydrogen-bond acceptors (Lipinski definition) is 3. The number of aliphatic hydroxyl groups is 1. The number of phenolic OH excluding ortho intramolecular Hbond substituents is 2. The number of unbranched alkanes of at least 4 members (excludes halogenated alkanes) is 4. The zero-order chi connectivity index (χ0) is 20.2. The van der Waals surface area contributed by atoms with Crippen LogP contribution in [-0.2, 0) is 6.42 Å². The smallest absolute Gasteiger partial charge is 0.168 e. The summed E-state index contributed by atoms with van der Waals surface area (Å²) in [7, 11) is 0. The van der Waals surface area contributed by atoms with Crippen LogP contribution < -0.4 is 0 Å². The molecule has 2 atom stereocenters. The quantitative estimate of drug-likeness (QED) is 0.386. The molecule has 0 saturated heterocycles. The molecule has 0 aliphatic heterocycles. The standard InChI is InChI=1S/C23H35FO3/c1-5-6-7-8-9-10-16-14-19(25)20(22(26)21(16)24)17-13-15(2)11-12-18(17)23(3,4)27/h13-14,17-18,25-27H,5-12H2,1-4H3. The third-order valence-corrected chi connectivity index (χ3v) is 5.87. The first-order valence-corrected chi connectivity index (χ1v) is 10.3. The van der Waals surface area contributed by atoms with Gasteiger partial charge in [-0.2, -0.15) is 0 Å². The maximum atomic E-state index is 14.8. The Balaban J connectivity index is 2.31. The van der Waals surface area contributed by atoms with E-state index in [9.17, 15) is 19.7 Å². The van der Waals surface area contributed by atoms with Gasteiger partial charge in [-0.3, -0.25) is 0 Å². The third-order valence-electron chi connectivity index (χ3n) is 5.87. The van der Waals surface area contributed by atoms with E-state index >= 15 is 0 Å². The van der Waals surface area contributed by atoms with Crippen molar-refractivity contribution >= 4 is 0 Å². The molecule has 27 heavy (non-hydrogen) atoms. The van der Waals surface area contributed by atoms with E-state index in [2.05, 4.69) is 6.92 Å². The molecule has 152 valence electrons. The number of halogens is 1. The molecule has 0 saturated carbocycles. The molecule has 0 amide bonds. The highest BCUT2D eigenvalue weighted by Gasteiger charge is 2.38. The lowest BCUT2D eigenvalue weighted by atomic mass is 9.69. The van der Waals surface area contributed by atoms with E-state index in [1.165, 1.54) is 12.5 Å². The molecule has 1 aliphatic rings. The Hall–Kier alpha value is -1.55. The molecule has 0 heterocycles. The molecule has 1 aromatic rings. The van der Waals surface area contributed by atoms with Crippen LogP contribution >= 0.6 is 0 Å². The van der Waals surface area contributed by atoms with E-state index in [-0.39, 0.29) is 17.2 Å². The van der Waals surface area contributed by atoms with Gasteiger partial charge in [-0.15, -0.1) is 0 Å². The van der Waals surface area contributed by atoms with E-state index in [4.69, 9.17) is 0 Å². The van der Waals surface area contributed by atoms with E-state index in [1.54, 1.807) is 13.8 Å². The van der Waals surface area contributed by atoms with Gasteiger partial charge >= 0.3 is 0 Å². The van der Waals surface area contributed by atoms with Crippen LogP contribution in [0.5, 0.6) is 11.5 Å². The Bertz CT molecular complexity index is 673. The lowest BCUT2D eigenvalue weighted by Crippen LogP contribution is -2.36. The zero-order valence-corrected chi connectivity index (χ0v) is 17.2. The van der Waals surface area contributed by atoms with Crippen LogP contribution in [0.3, 0.4) is 0 Å². The highest BCUT2D eigenvalue weighted by molar-refractivity contribution is 5.52. The molecule has 0 spiro atoms. The Morgan fingerprint density at radius 3 is 2.44 bits per heavy atom. The first-order chi connectivity index (χ1) is 12.7. The average Bonchev–Trinajstić information content (AvgIpc) is 2.58. The Kier molecular flexibility index (Phi) is 7.32. The second kappa shape index (κ2) is 9.09. The van der Waals surface area contributed by atoms with Crippen molar-refractivity contribution in [3.05, 3.63) is 34.7 Å². The number of phenols is 2. The van der Waals surface area contributed by atoms with E-state index < -0.39 is 23.1 Å². The Labute approximate surface area is 162 Å². The summed E-state index contributed by atoms with van der Waals surface area (Å²) in [4.78, 5) is 0. The average molecular weight is 379 g/mol.